The summed E-state index contributed by atoms with van der Waals surface area (Å²) in [7, 11) is 0. The topological polar surface area (TPSA) is 24.4 Å². The van der Waals surface area contributed by atoms with E-state index in [0.717, 1.165) is 11.7 Å². The molecule has 1 N–H and O–H groups in total. The molecule has 2 atom stereocenters. The number of hydrogen-bond donors (Lipinski definition) is 1. The maximum atomic E-state index is 4.46. The average molecular weight is 240 g/mol. The predicted molar refractivity (Wildman–Crippen MR) is 70.0 cm³/mol. The van der Waals surface area contributed by atoms with Gasteiger partial charge in [-0.05, 0) is 26.0 Å². The summed E-state index contributed by atoms with van der Waals surface area (Å²) in [4.78, 5) is 7.22. The molecule has 2 rings (SSSR count). The lowest BCUT2D eigenvalue weighted by molar-refractivity contribution is 0.737. The average Bonchev–Trinajstić information content (AvgIpc) is 2.75. The van der Waals surface area contributed by atoms with Crippen LogP contribution in [0, 0.1) is 6.92 Å². The van der Waals surface area contributed by atoms with Crippen molar-refractivity contribution >= 4 is 28.3 Å². The Morgan fingerprint density at radius 1 is 1.53 bits per heavy atom. The minimum absolute atomic E-state index is 0.375. The molecule has 15 heavy (non-hydrogen) atoms. The zero-order valence-corrected chi connectivity index (χ0v) is 10.9. The van der Waals surface area contributed by atoms with Crippen molar-refractivity contribution in [3.05, 3.63) is 21.9 Å². The molecule has 0 saturated carbocycles. The second-order valence-corrected chi connectivity index (χ2v) is 6.64. The zero-order valence-electron chi connectivity index (χ0n) is 9.28. The van der Waals surface area contributed by atoms with Crippen LogP contribution < -0.4 is 5.32 Å². The lowest BCUT2D eigenvalue weighted by Gasteiger charge is -2.12. The van der Waals surface area contributed by atoms with Crippen molar-refractivity contribution in [2.45, 2.75) is 32.1 Å². The second kappa shape index (κ2) is 4.58. The fourth-order valence-electron chi connectivity index (χ4n) is 1.50. The minimum atomic E-state index is 0.375. The Kier molecular flexibility index (Phi) is 3.36. The Balaban J connectivity index is 1.95. The predicted octanol–water partition coefficient (Wildman–Crippen LogP) is 3.20. The van der Waals surface area contributed by atoms with E-state index in [1.807, 2.05) is 23.1 Å². The Labute approximate surface area is 99.2 Å². The molecule has 0 radical (unpaired) electrons. The molecule has 2 nitrogen and oxygen atoms in total. The first-order chi connectivity index (χ1) is 7.15. The van der Waals surface area contributed by atoms with Gasteiger partial charge in [0.15, 0.2) is 5.17 Å². The van der Waals surface area contributed by atoms with Crippen LogP contribution in [0.4, 0.5) is 0 Å². The summed E-state index contributed by atoms with van der Waals surface area (Å²) in [5, 5.41) is 5.19. The van der Waals surface area contributed by atoms with Gasteiger partial charge >= 0.3 is 0 Å². The first kappa shape index (κ1) is 11.0. The number of thiophene rings is 1. The highest BCUT2D eigenvalue weighted by Crippen LogP contribution is 2.25. The summed E-state index contributed by atoms with van der Waals surface area (Å²) in [5.41, 5.74) is 0. The van der Waals surface area contributed by atoms with E-state index >= 15 is 0 Å². The third kappa shape index (κ3) is 2.75. The third-order valence-corrected chi connectivity index (χ3v) is 4.54. The zero-order chi connectivity index (χ0) is 10.8. The van der Waals surface area contributed by atoms with Gasteiger partial charge in [0.2, 0.25) is 0 Å². The first-order valence-corrected chi connectivity index (χ1v) is 6.89. The number of nitrogens with zero attached hydrogens (tertiary/aromatic N) is 1. The van der Waals surface area contributed by atoms with E-state index in [9.17, 15) is 0 Å². The highest BCUT2D eigenvalue weighted by atomic mass is 32.2. The molecule has 0 aliphatic carbocycles. The molecular weight excluding hydrogens is 224 g/mol. The maximum Gasteiger partial charge on any atom is 0.157 e. The maximum absolute atomic E-state index is 4.46. The number of aryl methyl sites for hydroxylation is 1. The van der Waals surface area contributed by atoms with Gasteiger partial charge < -0.3 is 5.32 Å². The van der Waals surface area contributed by atoms with Crippen molar-refractivity contribution in [1.29, 1.82) is 0 Å². The highest BCUT2D eigenvalue weighted by molar-refractivity contribution is 8.14. The number of rotatable bonds is 2. The summed E-state index contributed by atoms with van der Waals surface area (Å²) in [6.45, 7) is 7.49. The van der Waals surface area contributed by atoms with Crippen LogP contribution >= 0.6 is 23.1 Å². The van der Waals surface area contributed by atoms with Crippen LogP contribution in [0.2, 0.25) is 0 Å². The molecule has 1 aliphatic heterocycles. The van der Waals surface area contributed by atoms with E-state index in [1.54, 1.807) is 0 Å². The lowest BCUT2D eigenvalue weighted by atomic mass is 10.3. The van der Waals surface area contributed by atoms with Gasteiger partial charge in [0.05, 0.1) is 12.6 Å². The number of hydrogen-bond acceptors (Lipinski definition) is 4. The van der Waals surface area contributed by atoms with Crippen molar-refractivity contribution < 1.29 is 0 Å². The van der Waals surface area contributed by atoms with Gasteiger partial charge in [-0.25, -0.2) is 0 Å². The van der Waals surface area contributed by atoms with Crippen molar-refractivity contribution in [2.24, 2.45) is 4.99 Å². The molecular formula is C11H16N2S2. The number of amidine groups is 1. The van der Waals surface area contributed by atoms with E-state index in [2.05, 4.69) is 43.2 Å². The van der Waals surface area contributed by atoms with E-state index < -0.39 is 0 Å². The summed E-state index contributed by atoms with van der Waals surface area (Å²) in [5.74, 6) is 0. The van der Waals surface area contributed by atoms with Gasteiger partial charge in [0.1, 0.15) is 0 Å². The molecule has 2 unspecified atom stereocenters. The van der Waals surface area contributed by atoms with E-state index in [0.29, 0.717) is 11.3 Å². The summed E-state index contributed by atoms with van der Waals surface area (Å²) < 4.78 is 0. The van der Waals surface area contributed by atoms with Crippen LogP contribution in [-0.2, 0) is 0 Å². The molecule has 2 heterocycles. The molecule has 1 aliphatic rings. The van der Waals surface area contributed by atoms with Crippen LogP contribution in [0.3, 0.4) is 0 Å². The molecule has 4 heteroatoms. The van der Waals surface area contributed by atoms with Crippen LogP contribution in [0.1, 0.15) is 29.6 Å². The van der Waals surface area contributed by atoms with Crippen LogP contribution in [0.5, 0.6) is 0 Å². The van der Waals surface area contributed by atoms with Gasteiger partial charge in [0, 0.05) is 15.0 Å². The fraction of sp³-hybridized carbons (Fsp3) is 0.545. The lowest BCUT2D eigenvalue weighted by Crippen LogP contribution is -2.22. The smallest absolute Gasteiger partial charge is 0.157 e. The summed E-state index contributed by atoms with van der Waals surface area (Å²) in [6, 6.07) is 4.74. The quantitative estimate of drug-likeness (QED) is 0.858. The Morgan fingerprint density at radius 3 is 2.87 bits per heavy atom. The van der Waals surface area contributed by atoms with Crippen LogP contribution in [-0.4, -0.2) is 17.0 Å². The Hall–Kier alpha value is -0.480. The second-order valence-electron chi connectivity index (χ2n) is 3.89. The summed E-state index contributed by atoms with van der Waals surface area (Å²) in [6.07, 6.45) is 0. The van der Waals surface area contributed by atoms with Gasteiger partial charge in [-0.2, -0.15) is 0 Å². The van der Waals surface area contributed by atoms with Crippen molar-refractivity contribution in [3.8, 4) is 0 Å². The molecule has 1 aromatic rings. The molecule has 1 aromatic heterocycles. The van der Waals surface area contributed by atoms with Crippen molar-refractivity contribution in [1.82, 2.24) is 5.32 Å². The van der Waals surface area contributed by atoms with Crippen molar-refractivity contribution in [3.63, 3.8) is 0 Å². The third-order valence-electron chi connectivity index (χ3n) is 2.33. The SMILES string of the molecule is Cc1ccc(C(C)NC2=NCC(C)S2)s1. The normalized spacial score (nSPS) is 22.6. The largest absolute Gasteiger partial charge is 0.358 e. The molecule has 0 bridgehead atoms. The number of aliphatic imine (C=N–C) groups is 1. The highest BCUT2D eigenvalue weighted by Gasteiger charge is 2.17. The van der Waals surface area contributed by atoms with Gasteiger partial charge in [0.25, 0.3) is 0 Å². The standard InChI is InChI=1S/C11H16N2S2/c1-7-4-5-10(14-7)9(3)13-11-12-6-8(2)15-11/h4-5,8-9H,6H2,1-3H3,(H,12,13). The van der Waals surface area contributed by atoms with E-state index in [-0.39, 0.29) is 0 Å². The van der Waals surface area contributed by atoms with Crippen LogP contribution in [0.25, 0.3) is 0 Å². The fourth-order valence-corrected chi connectivity index (χ4v) is 3.30. The number of thioether (sulfide) groups is 1. The Morgan fingerprint density at radius 2 is 2.33 bits per heavy atom. The van der Waals surface area contributed by atoms with Gasteiger partial charge in [-0.1, -0.05) is 18.7 Å². The van der Waals surface area contributed by atoms with E-state index in [1.165, 1.54) is 9.75 Å². The number of nitrogens with one attached hydrogen (secondary N) is 1. The molecule has 0 fully saturated rings. The van der Waals surface area contributed by atoms with Gasteiger partial charge in [-0.3, -0.25) is 4.99 Å². The Bertz CT molecular complexity index is 370. The van der Waals surface area contributed by atoms with Crippen LogP contribution in [0.15, 0.2) is 17.1 Å². The molecule has 0 spiro atoms. The van der Waals surface area contributed by atoms with Gasteiger partial charge in [-0.15, -0.1) is 11.3 Å². The van der Waals surface area contributed by atoms with Crippen molar-refractivity contribution in [2.75, 3.05) is 6.54 Å². The first-order valence-electron chi connectivity index (χ1n) is 5.19. The molecule has 82 valence electrons. The molecule has 0 aromatic carbocycles. The molecule has 0 amide bonds. The minimum Gasteiger partial charge on any atom is -0.358 e. The van der Waals surface area contributed by atoms with E-state index in [4.69, 9.17) is 0 Å². The monoisotopic (exact) mass is 240 g/mol. The molecule has 0 saturated heterocycles. The summed E-state index contributed by atoms with van der Waals surface area (Å²) >= 11 is 3.69.